The number of carbonyl (C=O) groups excluding carboxylic acids is 2. The highest BCUT2D eigenvalue weighted by Crippen LogP contribution is 2.22. The number of carbonyl (C=O) groups is 2. The first-order valence-corrected chi connectivity index (χ1v) is 5.33. The maximum Gasteiger partial charge on any atom is 0.196 e. The number of Topliss-reactive ketones (excluding diaryl/α,β-unsaturated/α-hetero) is 2. The predicted octanol–water partition coefficient (Wildman–Crippen LogP) is 2.38. The minimum atomic E-state index is -0.410. The Hall–Kier alpha value is -2.16. The van der Waals surface area contributed by atoms with Gasteiger partial charge in [0.15, 0.2) is 11.6 Å². The van der Waals surface area contributed by atoms with Crippen LogP contribution in [0.15, 0.2) is 47.7 Å². The smallest absolute Gasteiger partial charge is 0.196 e. The van der Waals surface area contributed by atoms with Crippen molar-refractivity contribution >= 4 is 11.6 Å². The summed E-state index contributed by atoms with van der Waals surface area (Å²) in [7, 11) is 0. The highest BCUT2D eigenvalue weighted by molar-refractivity contribution is 6.31. The largest absolute Gasteiger partial charge is 0.515 e. The van der Waals surface area contributed by atoms with E-state index in [1.807, 2.05) is 12.1 Å². The number of benzene rings is 1. The lowest BCUT2D eigenvalue weighted by Gasteiger charge is -2.14. The van der Waals surface area contributed by atoms with Crippen molar-refractivity contribution < 1.29 is 14.7 Å². The molecule has 1 aromatic carbocycles. The molecule has 17 heavy (non-hydrogen) atoms. The van der Waals surface area contributed by atoms with E-state index < -0.39 is 5.78 Å². The van der Waals surface area contributed by atoms with Crippen LogP contribution >= 0.6 is 0 Å². The number of hydrogen-bond donors (Lipinski definition) is 1. The van der Waals surface area contributed by atoms with Gasteiger partial charge in [-0.3, -0.25) is 9.59 Å². The summed E-state index contributed by atoms with van der Waals surface area (Å²) in [5.41, 5.74) is 1.82. The van der Waals surface area contributed by atoms with E-state index in [1.165, 1.54) is 6.92 Å². The van der Waals surface area contributed by atoms with E-state index >= 15 is 0 Å². The lowest BCUT2D eigenvalue weighted by Crippen LogP contribution is -2.19. The van der Waals surface area contributed by atoms with Gasteiger partial charge >= 0.3 is 0 Å². The Morgan fingerprint density at radius 3 is 2.76 bits per heavy atom. The molecule has 0 saturated carbocycles. The molecule has 0 bridgehead atoms. The van der Waals surface area contributed by atoms with Gasteiger partial charge in [0.2, 0.25) is 0 Å². The zero-order chi connectivity index (χ0) is 12.4. The third-order valence-electron chi connectivity index (χ3n) is 2.83. The van der Waals surface area contributed by atoms with Gasteiger partial charge in [-0.1, -0.05) is 30.3 Å². The number of fused-ring (bicyclic) bond motifs is 1. The van der Waals surface area contributed by atoms with Crippen LogP contribution in [0.5, 0.6) is 0 Å². The summed E-state index contributed by atoms with van der Waals surface area (Å²) >= 11 is 0. The van der Waals surface area contributed by atoms with Crippen molar-refractivity contribution in [2.45, 2.75) is 13.3 Å². The average Bonchev–Trinajstić information content (AvgIpc) is 2.38. The summed E-state index contributed by atoms with van der Waals surface area (Å²) < 4.78 is 0. The highest BCUT2D eigenvalue weighted by Gasteiger charge is 2.25. The van der Waals surface area contributed by atoms with E-state index in [4.69, 9.17) is 5.11 Å². The van der Waals surface area contributed by atoms with E-state index in [-0.39, 0.29) is 16.9 Å². The van der Waals surface area contributed by atoms with E-state index in [0.29, 0.717) is 12.0 Å². The van der Waals surface area contributed by atoms with Crippen LogP contribution in [0.25, 0.3) is 0 Å². The molecule has 3 heteroatoms. The SMILES string of the molecule is CC(=CO)C(=O)C1=CCc2ccccc2C1=O. The Morgan fingerprint density at radius 1 is 1.35 bits per heavy atom. The zero-order valence-corrected chi connectivity index (χ0v) is 9.43. The van der Waals surface area contributed by atoms with Crippen molar-refractivity contribution in [2.75, 3.05) is 0 Å². The molecule has 0 saturated heterocycles. The number of ketones is 2. The highest BCUT2D eigenvalue weighted by atomic mass is 16.2. The summed E-state index contributed by atoms with van der Waals surface area (Å²) in [6, 6.07) is 7.24. The molecule has 0 aliphatic heterocycles. The lowest BCUT2D eigenvalue weighted by atomic mass is 9.87. The van der Waals surface area contributed by atoms with Crippen LogP contribution in [0.2, 0.25) is 0 Å². The first kappa shape index (κ1) is 11.3. The molecule has 0 heterocycles. The summed E-state index contributed by atoms with van der Waals surface area (Å²) in [4.78, 5) is 23.9. The van der Waals surface area contributed by atoms with Gasteiger partial charge in [0.05, 0.1) is 11.8 Å². The molecule has 86 valence electrons. The van der Waals surface area contributed by atoms with Crippen molar-refractivity contribution in [1.82, 2.24) is 0 Å². The van der Waals surface area contributed by atoms with Gasteiger partial charge in [0.25, 0.3) is 0 Å². The molecular weight excluding hydrogens is 216 g/mol. The summed E-state index contributed by atoms with van der Waals surface area (Å²) in [6.07, 6.45) is 2.93. The summed E-state index contributed by atoms with van der Waals surface area (Å²) in [5.74, 6) is -0.676. The molecule has 0 fully saturated rings. The molecule has 1 N–H and O–H groups in total. The van der Waals surface area contributed by atoms with E-state index in [1.54, 1.807) is 18.2 Å². The van der Waals surface area contributed by atoms with E-state index in [9.17, 15) is 9.59 Å². The molecule has 3 nitrogen and oxygen atoms in total. The average molecular weight is 228 g/mol. The quantitative estimate of drug-likeness (QED) is 0.480. The Labute approximate surface area is 99.1 Å². The fourth-order valence-electron chi connectivity index (χ4n) is 1.84. The van der Waals surface area contributed by atoms with Crippen molar-refractivity contribution in [3.8, 4) is 0 Å². The molecule has 1 aromatic rings. The first-order valence-electron chi connectivity index (χ1n) is 5.33. The minimum absolute atomic E-state index is 0.145. The fourth-order valence-corrected chi connectivity index (χ4v) is 1.84. The predicted molar refractivity (Wildman–Crippen MR) is 64.0 cm³/mol. The van der Waals surface area contributed by atoms with E-state index in [2.05, 4.69) is 0 Å². The van der Waals surface area contributed by atoms with Gasteiger partial charge in [0.1, 0.15) is 0 Å². The van der Waals surface area contributed by atoms with Crippen LogP contribution in [0.3, 0.4) is 0 Å². The molecule has 0 atom stereocenters. The third-order valence-corrected chi connectivity index (χ3v) is 2.83. The van der Waals surface area contributed by atoms with Gasteiger partial charge in [-0.05, 0) is 18.9 Å². The molecule has 0 spiro atoms. The number of aliphatic hydroxyl groups excluding tert-OH is 1. The normalized spacial score (nSPS) is 15.2. The van der Waals surface area contributed by atoms with Crippen LogP contribution in [0, 0.1) is 0 Å². The van der Waals surface area contributed by atoms with Crippen molar-refractivity contribution in [1.29, 1.82) is 0 Å². The van der Waals surface area contributed by atoms with E-state index in [0.717, 1.165) is 11.8 Å². The van der Waals surface area contributed by atoms with Crippen LogP contribution in [0.1, 0.15) is 22.8 Å². The van der Waals surface area contributed by atoms with Gasteiger partial charge in [-0.25, -0.2) is 0 Å². The van der Waals surface area contributed by atoms with Gasteiger partial charge in [-0.15, -0.1) is 0 Å². The molecule has 0 unspecified atom stereocenters. The Bertz CT molecular complexity index is 550. The molecule has 0 aromatic heterocycles. The number of hydrogen-bond acceptors (Lipinski definition) is 3. The van der Waals surface area contributed by atoms with Crippen LogP contribution < -0.4 is 0 Å². The zero-order valence-electron chi connectivity index (χ0n) is 9.43. The van der Waals surface area contributed by atoms with Crippen molar-refractivity contribution in [3.05, 3.63) is 58.9 Å². The van der Waals surface area contributed by atoms with Gasteiger partial charge in [0, 0.05) is 11.1 Å². The van der Waals surface area contributed by atoms with Crippen LogP contribution in [-0.4, -0.2) is 16.7 Å². The summed E-state index contributed by atoms with van der Waals surface area (Å²) in [5, 5.41) is 8.80. The summed E-state index contributed by atoms with van der Waals surface area (Å²) in [6.45, 7) is 1.48. The van der Waals surface area contributed by atoms with Crippen LogP contribution in [-0.2, 0) is 11.2 Å². The molecule has 1 aliphatic carbocycles. The fraction of sp³-hybridized carbons (Fsp3) is 0.143. The number of rotatable bonds is 2. The monoisotopic (exact) mass is 228 g/mol. The minimum Gasteiger partial charge on any atom is -0.515 e. The second kappa shape index (κ2) is 4.37. The topological polar surface area (TPSA) is 54.4 Å². The third kappa shape index (κ3) is 1.91. The number of aliphatic hydroxyl groups is 1. The molecular formula is C14H12O3. The second-order valence-electron chi connectivity index (χ2n) is 3.95. The van der Waals surface area contributed by atoms with Gasteiger partial charge < -0.3 is 5.11 Å². The molecule has 2 rings (SSSR count). The molecule has 1 aliphatic rings. The van der Waals surface area contributed by atoms with Crippen molar-refractivity contribution in [2.24, 2.45) is 0 Å². The molecule has 0 radical (unpaired) electrons. The second-order valence-corrected chi connectivity index (χ2v) is 3.95. The maximum atomic E-state index is 12.1. The Morgan fingerprint density at radius 2 is 2.06 bits per heavy atom. The van der Waals surface area contributed by atoms with Gasteiger partial charge in [-0.2, -0.15) is 0 Å². The lowest BCUT2D eigenvalue weighted by molar-refractivity contribution is -0.112. The van der Waals surface area contributed by atoms with Crippen molar-refractivity contribution in [3.63, 3.8) is 0 Å². The number of allylic oxidation sites excluding steroid dienone is 3. The first-order chi connectivity index (χ1) is 8.15. The standard InChI is InChI=1S/C14H12O3/c1-9(8-15)13(16)12-7-6-10-4-2-3-5-11(10)14(12)17/h2-5,7-8,15H,6H2,1H3. The Kier molecular flexibility index (Phi) is 2.91. The molecule has 0 amide bonds. The van der Waals surface area contributed by atoms with Crippen LogP contribution in [0.4, 0.5) is 0 Å². The Balaban J connectivity index is 2.40. The maximum absolute atomic E-state index is 12.1.